The quantitative estimate of drug-likeness (QED) is 0.537. The molecule has 3 aromatic rings. The molecule has 1 fully saturated rings. The lowest BCUT2D eigenvalue weighted by atomic mass is 9.97. The van der Waals surface area contributed by atoms with Gasteiger partial charge < -0.3 is 15.5 Å². The predicted molar refractivity (Wildman–Crippen MR) is 131 cm³/mol. The van der Waals surface area contributed by atoms with E-state index in [1.165, 1.54) is 0 Å². The highest BCUT2D eigenvalue weighted by Crippen LogP contribution is 2.21. The van der Waals surface area contributed by atoms with Crippen LogP contribution >= 0.6 is 22.9 Å². The van der Waals surface area contributed by atoms with Gasteiger partial charge in [0.05, 0.1) is 5.92 Å². The van der Waals surface area contributed by atoms with Crippen molar-refractivity contribution < 1.29 is 14.4 Å². The number of aromatic nitrogens is 2. The molecule has 1 aliphatic rings. The summed E-state index contributed by atoms with van der Waals surface area (Å²) in [5.74, 6) is -1.15. The second-order valence-corrected chi connectivity index (χ2v) is 9.58. The van der Waals surface area contributed by atoms with Crippen molar-refractivity contribution in [2.24, 2.45) is 5.92 Å². The Morgan fingerprint density at radius 1 is 1.12 bits per heavy atom. The van der Waals surface area contributed by atoms with Gasteiger partial charge in [0.25, 0.3) is 11.8 Å². The first-order valence-corrected chi connectivity index (χ1v) is 12.1. The van der Waals surface area contributed by atoms with Gasteiger partial charge >= 0.3 is 0 Å². The lowest BCUT2D eigenvalue weighted by molar-refractivity contribution is -0.126. The highest BCUT2D eigenvalue weighted by molar-refractivity contribution is 7.15. The van der Waals surface area contributed by atoms with Gasteiger partial charge in [-0.1, -0.05) is 52.8 Å². The molecule has 0 saturated carbocycles. The molecule has 1 saturated heterocycles. The number of amides is 3. The molecular formula is C24H24ClN5O3S. The Bertz CT molecular complexity index is 1200. The summed E-state index contributed by atoms with van der Waals surface area (Å²) in [5, 5.41) is 14.4. The molecule has 4 rings (SSSR count). The molecule has 176 valence electrons. The Balaban J connectivity index is 1.33. The van der Waals surface area contributed by atoms with E-state index in [-0.39, 0.29) is 27.7 Å². The number of nitrogens with one attached hydrogen (secondary N) is 2. The second kappa shape index (κ2) is 10.8. The van der Waals surface area contributed by atoms with Crippen molar-refractivity contribution in [3.63, 3.8) is 0 Å². The topological polar surface area (TPSA) is 104 Å². The van der Waals surface area contributed by atoms with E-state index in [1.807, 2.05) is 31.2 Å². The van der Waals surface area contributed by atoms with Gasteiger partial charge in [-0.15, -0.1) is 10.2 Å². The number of benzene rings is 2. The number of hydrogen-bond donors (Lipinski definition) is 2. The molecule has 0 bridgehead atoms. The van der Waals surface area contributed by atoms with Crippen molar-refractivity contribution >= 4 is 46.3 Å². The van der Waals surface area contributed by atoms with Crippen LogP contribution in [-0.2, 0) is 11.3 Å². The molecule has 1 aliphatic heterocycles. The fourth-order valence-corrected chi connectivity index (χ4v) is 4.63. The SMILES string of the molecule is Cc1ccc(NC(=O)c2nnc(C(=O)N3CCC[C@@H](C(=O)NCc4cccc(Cl)c4)C3)s2)cc1. The van der Waals surface area contributed by atoms with Gasteiger partial charge in [-0.2, -0.15) is 0 Å². The van der Waals surface area contributed by atoms with Gasteiger partial charge in [-0.3, -0.25) is 14.4 Å². The Labute approximate surface area is 206 Å². The fourth-order valence-electron chi connectivity index (χ4n) is 3.71. The average molecular weight is 498 g/mol. The molecule has 1 aromatic heterocycles. The van der Waals surface area contributed by atoms with E-state index in [0.29, 0.717) is 43.2 Å². The summed E-state index contributed by atoms with van der Waals surface area (Å²) in [4.78, 5) is 39.7. The number of halogens is 1. The summed E-state index contributed by atoms with van der Waals surface area (Å²) < 4.78 is 0. The Kier molecular flexibility index (Phi) is 7.54. The number of carbonyl (C=O) groups is 3. The minimum Gasteiger partial charge on any atom is -0.352 e. The van der Waals surface area contributed by atoms with Gasteiger partial charge in [-0.05, 0) is 49.6 Å². The van der Waals surface area contributed by atoms with Crippen molar-refractivity contribution in [1.82, 2.24) is 20.4 Å². The Morgan fingerprint density at radius 3 is 2.65 bits per heavy atom. The average Bonchev–Trinajstić information content (AvgIpc) is 3.34. The van der Waals surface area contributed by atoms with E-state index >= 15 is 0 Å². The van der Waals surface area contributed by atoms with E-state index < -0.39 is 5.91 Å². The van der Waals surface area contributed by atoms with Crippen molar-refractivity contribution in [3.8, 4) is 0 Å². The first-order valence-electron chi connectivity index (χ1n) is 10.9. The molecule has 34 heavy (non-hydrogen) atoms. The Hall–Kier alpha value is -3.30. The zero-order valence-electron chi connectivity index (χ0n) is 18.6. The highest BCUT2D eigenvalue weighted by atomic mass is 35.5. The van der Waals surface area contributed by atoms with Crippen LogP contribution in [0.2, 0.25) is 5.02 Å². The molecule has 2 aromatic carbocycles. The molecule has 8 nitrogen and oxygen atoms in total. The molecule has 1 atom stereocenters. The molecule has 2 heterocycles. The normalized spacial score (nSPS) is 15.6. The van der Waals surface area contributed by atoms with Gasteiger partial charge in [0, 0.05) is 30.3 Å². The van der Waals surface area contributed by atoms with Crippen LogP contribution in [0.15, 0.2) is 48.5 Å². The minimum absolute atomic E-state index is 0.104. The van der Waals surface area contributed by atoms with E-state index in [9.17, 15) is 14.4 Å². The maximum absolute atomic E-state index is 13.0. The lowest BCUT2D eigenvalue weighted by Crippen LogP contribution is -2.45. The highest BCUT2D eigenvalue weighted by Gasteiger charge is 2.30. The number of carbonyl (C=O) groups excluding carboxylic acids is 3. The van der Waals surface area contributed by atoms with Crippen LogP contribution in [0.25, 0.3) is 0 Å². The number of nitrogens with zero attached hydrogens (tertiary/aromatic N) is 3. The molecule has 3 amide bonds. The molecule has 0 aliphatic carbocycles. The lowest BCUT2D eigenvalue weighted by Gasteiger charge is -2.31. The summed E-state index contributed by atoms with van der Waals surface area (Å²) in [7, 11) is 0. The summed E-state index contributed by atoms with van der Waals surface area (Å²) >= 11 is 6.94. The first-order chi connectivity index (χ1) is 16.4. The number of piperidine rings is 1. The van der Waals surface area contributed by atoms with Crippen LogP contribution in [-0.4, -0.2) is 45.9 Å². The summed E-state index contributed by atoms with van der Waals surface area (Å²) in [6.07, 6.45) is 1.41. The third kappa shape index (κ3) is 5.98. The number of likely N-dealkylation sites (tertiary alicyclic amines) is 1. The third-order valence-electron chi connectivity index (χ3n) is 5.55. The second-order valence-electron chi connectivity index (χ2n) is 8.17. The number of hydrogen-bond acceptors (Lipinski definition) is 6. The number of anilines is 1. The predicted octanol–water partition coefficient (Wildman–Crippen LogP) is 3.92. The van der Waals surface area contributed by atoms with E-state index in [1.54, 1.807) is 29.2 Å². The van der Waals surface area contributed by atoms with Crippen molar-refractivity contribution in [2.45, 2.75) is 26.3 Å². The fraction of sp³-hybridized carbons (Fsp3) is 0.292. The van der Waals surface area contributed by atoms with Gasteiger partial charge in [-0.25, -0.2) is 0 Å². The van der Waals surface area contributed by atoms with Gasteiger partial charge in [0.1, 0.15) is 0 Å². The third-order valence-corrected chi connectivity index (χ3v) is 6.69. The maximum atomic E-state index is 13.0. The summed E-state index contributed by atoms with van der Waals surface area (Å²) in [5.41, 5.74) is 2.64. The minimum atomic E-state index is -0.419. The molecule has 0 spiro atoms. The van der Waals surface area contributed by atoms with E-state index in [4.69, 9.17) is 11.6 Å². The van der Waals surface area contributed by atoms with Crippen molar-refractivity contribution in [1.29, 1.82) is 0 Å². The van der Waals surface area contributed by atoms with E-state index in [0.717, 1.165) is 22.5 Å². The van der Waals surface area contributed by atoms with Crippen LogP contribution in [0.4, 0.5) is 5.69 Å². The largest absolute Gasteiger partial charge is 0.352 e. The van der Waals surface area contributed by atoms with Gasteiger partial charge in [0.2, 0.25) is 15.9 Å². The molecule has 2 N–H and O–H groups in total. The van der Waals surface area contributed by atoms with Crippen molar-refractivity contribution in [3.05, 3.63) is 74.7 Å². The molecular weight excluding hydrogens is 474 g/mol. The van der Waals surface area contributed by atoms with Crippen LogP contribution in [0.1, 0.15) is 43.6 Å². The molecule has 0 unspecified atom stereocenters. The number of rotatable bonds is 6. The van der Waals surface area contributed by atoms with Crippen LogP contribution < -0.4 is 10.6 Å². The smallest absolute Gasteiger partial charge is 0.286 e. The van der Waals surface area contributed by atoms with Crippen LogP contribution in [0.3, 0.4) is 0 Å². The zero-order valence-corrected chi connectivity index (χ0v) is 20.2. The standard InChI is InChI=1S/C24H24ClN5O3S/c1-15-7-9-19(10-8-15)27-21(32)22-28-29-23(34-22)24(33)30-11-3-5-17(14-30)20(31)26-13-16-4-2-6-18(25)12-16/h2,4,6-10,12,17H,3,5,11,13-14H2,1H3,(H,26,31)(H,27,32)/t17-/m1/s1. The van der Waals surface area contributed by atoms with Gasteiger partial charge in [0.15, 0.2) is 0 Å². The number of aryl methyl sites for hydroxylation is 1. The zero-order chi connectivity index (χ0) is 24.1. The maximum Gasteiger partial charge on any atom is 0.286 e. The summed E-state index contributed by atoms with van der Waals surface area (Å²) in [6.45, 7) is 3.16. The first kappa shape index (κ1) is 23.8. The van der Waals surface area contributed by atoms with Crippen molar-refractivity contribution in [2.75, 3.05) is 18.4 Å². The van der Waals surface area contributed by atoms with E-state index in [2.05, 4.69) is 20.8 Å². The van der Waals surface area contributed by atoms with Crippen LogP contribution in [0, 0.1) is 12.8 Å². The Morgan fingerprint density at radius 2 is 1.88 bits per heavy atom. The molecule has 0 radical (unpaired) electrons. The monoisotopic (exact) mass is 497 g/mol. The van der Waals surface area contributed by atoms with Crippen LogP contribution in [0.5, 0.6) is 0 Å². The molecule has 10 heteroatoms. The summed E-state index contributed by atoms with van der Waals surface area (Å²) in [6, 6.07) is 14.7.